The van der Waals surface area contributed by atoms with Gasteiger partial charge < -0.3 is 5.11 Å². The minimum absolute atomic E-state index is 0.679. The van der Waals surface area contributed by atoms with Crippen LogP contribution >= 0.6 is 0 Å². The third kappa shape index (κ3) is 6.55. The molecule has 0 bridgehead atoms. The van der Waals surface area contributed by atoms with Crippen molar-refractivity contribution in [3.63, 3.8) is 0 Å². The van der Waals surface area contributed by atoms with Crippen LogP contribution in [0, 0.1) is 0 Å². The zero-order valence-electron chi connectivity index (χ0n) is 11.4. The standard InChI is InChI=1S/C16H28O/c1-2-3-4-5-6-7-8-9-10-12-15-13-11-14-16(15)17/h8-9,17H,2-7,10-14H2,1H3. The first-order chi connectivity index (χ1) is 8.34. The van der Waals surface area contributed by atoms with Gasteiger partial charge in [-0.2, -0.15) is 0 Å². The van der Waals surface area contributed by atoms with Crippen molar-refractivity contribution in [3.8, 4) is 0 Å². The molecule has 0 saturated carbocycles. The van der Waals surface area contributed by atoms with E-state index in [9.17, 15) is 5.11 Å². The average molecular weight is 236 g/mol. The maximum atomic E-state index is 9.57. The Bertz CT molecular complexity index is 250. The van der Waals surface area contributed by atoms with Gasteiger partial charge in [0, 0.05) is 6.42 Å². The van der Waals surface area contributed by atoms with E-state index in [-0.39, 0.29) is 0 Å². The van der Waals surface area contributed by atoms with Crippen LogP contribution in [0.15, 0.2) is 23.5 Å². The van der Waals surface area contributed by atoms with Crippen LogP contribution in [0.5, 0.6) is 0 Å². The van der Waals surface area contributed by atoms with E-state index < -0.39 is 0 Å². The Kier molecular flexibility index (Phi) is 7.87. The van der Waals surface area contributed by atoms with Crippen LogP contribution < -0.4 is 0 Å². The number of allylic oxidation sites excluding steroid dienone is 4. The molecule has 0 unspecified atom stereocenters. The third-order valence-corrected chi connectivity index (χ3v) is 3.55. The van der Waals surface area contributed by atoms with E-state index in [2.05, 4.69) is 19.1 Å². The smallest absolute Gasteiger partial charge is 0.0914 e. The summed E-state index contributed by atoms with van der Waals surface area (Å²) in [7, 11) is 0. The normalized spacial score (nSPS) is 16.3. The van der Waals surface area contributed by atoms with E-state index in [1.165, 1.54) is 44.1 Å². The van der Waals surface area contributed by atoms with Crippen LogP contribution in [0.1, 0.15) is 77.6 Å². The van der Waals surface area contributed by atoms with Gasteiger partial charge in [0.05, 0.1) is 5.76 Å². The number of aliphatic hydroxyl groups is 1. The molecule has 1 aliphatic rings. The second-order valence-corrected chi connectivity index (χ2v) is 5.12. The number of hydrogen-bond acceptors (Lipinski definition) is 1. The molecule has 98 valence electrons. The molecule has 17 heavy (non-hydrogen) atoms. The van der Waals surface area contributed by atoms with Crippen molar-refractivity contribution in [2.45, 2.75) is 77.6 Å². The highest BCUT2D eigenvalue weighted by molar-refractivity contribution is 5.13. The minimum atomic E-state index is 0.679. The van der Waals surface area contributed by atoms with Crippen LogP contribution in [0.2, 0.25) is 0 Å². The molecule has 1 nitrogen and oxygen atoms in total. The molecule has 0 heterocycles. The van der Waals surface area contributed by atoms with Crippen molar-refractivity contribution in [3.05, 3.63) is 23.5 Å². The van der Waals surface area contributed by atoms with Crippen LogP contribution in [0.25, 0.3) is 0 Å². The van der Waals surface area contributed by atoms with Gasteiger partial charge in [-0.05, 0) is 44.1 Å². The predicted octanol–water partition coefficient (Wildman–Crippen LogP) is 5.68. The van der Waals surface area contributed by atoms with Gasteiger partial charge in [-0.15, -0.1) is 0 Å². The highest BCUT2D eigenvalue weighted by Gasteiger charge is 2.11. The van der Waals surface area contributed by atoms with Gasteiger partial charge in [0.25, 0.3) is 0 Å². The Morgan fingerprint density at radius 1 is 1.00 bits per heavy atom. The summed E-state index contributed by atoms with van der Waals surface area (Å²) in [4.78, 5) is 0. The molecule has 0 aromatic heterocycles. The van der Waals surface area contributed by atoms with Crippen molar-refractivity contribution in [2.24, 2.45) is 0 Å². The van der Waals surface area contributed by atoms with E-state index in [0.717, 1.165) is 32.1 Å². The average Bonchev–Trinajstić information content (AvgIpc) is 2.73. The SMILES string of the molecule is CCCCCCCC=CCCC1=C(O)CCC1. The molecule has 0 fully saturated rings. The maximum absolute atomic E-state index is 9.57. The summed E-state index contributed by atoms with van der Waals surface area (Å²) in [5, 5.41) is 9.57. The van der Waals surface area contributed by atoms with Crippen molar-refractivity contribution < 1.29 is 5.11 Å². The monoisotopic (exact) mass is 236 g/mol. The van der Waals surface area contributed by atoms with Gasteiger partial charge in [0.1, 0.15) is 0 Å². The molecule has 1 N–H and O–H groups in total. The molecule has 0 amide bonds. The lowest BCUT2D eigenvalue weighted by Gasteiger charge is -1.99. The fourth-order valence-corrected chi connectivity index (χ4v) is 2.42. The van der Waals surface area contributed by atoms with Crippen molar-refractivity contribution >= 4 is 0 Å². The van der Waals surface area contributed by atoms with Crippen LogP contribution in [0.4, 0.5) is 0 Å². The maximum Gasteiger partial charge on any atom is 0.0914 e. The molecule has 1 heteroatoms. The summed E-state index contributed by atoms with van der Waals surface area (Å²) in [6.45, 7) is 2.26. The quantitative estimate of drug-likeness (QED) is 0.403. The summed E-state index contributed by atoms with van der Waals surface area (Å²) in [5.74, 6) is 0.679. The Hall–Kier alpha value is -0.720. The Morgan fingerprint density at radius 2 is 1.76 bits per heavy atom. The Balaban J connectivity index is 1.94. The summed E-state index contributed by atoms with van der Waals surface area (Å²) >= 11 is 0. The van der Waals surface area contributed by atoms with Gasteiger partial charge in [0.2, 0.25) is 0 Å². The molecule has 0 spiro atoms. The first-order valence-electron chi connectivity index (χ1n) is 7.39. The van der Waals surface area contributed by atoms with Gasteiger partial charge >= 0.3 is 0 Å². The molecule has 1 rings (SSSR count). The number of rotatable bonds is 9. The zero-order valence-corrected chi connectivity index (χ0v) is 11.4. The largest absolute Gasteiger partial charge is 0.512 e. The molecule has 0 saturated heterocycles. The summed E-state index contributed by atoms with van der Waals surface area (Å²) in [5.41, 5.74) is 1.30. The van der Waals surface area contributed by atoms with Crippen molar-refractivity contribution in [2.75, 3.05) is 0 Å². The summed E-state index contributed by atoms with van der Waals surface area (Å²) in [6.07, 6.45) is 18.0. The molecule has 0 aromatic rings. The Labute approximate surface area is 107 Å². The van der Waals surface area contributed by atoms with E-state index >= 15 is 0 Å². The molecule has 0 radical (unpaired) electrons. The lowest BCUT2D eigenvalue weighted by Crippen LogP contribution is -1.82. The molecular formula is C16H28O. The highest BCUT2D eigenvalue weighted by Crippen LogP contribution is 2.27. The minimum Gasteiger partial charge on any atom is -0.512 e. The number of unbranched alkanes of at least 4 members (excludes halogenated alkanes) is 5. The fraction of sp³-hybridized carbons (Fsp3) is 0.750. The van der Waals surface area contributed by atoms with E-state index in [1.807, 2.05) is 0 Å². The van der Waals surface area contributed by atoms with Gasteiger partial charge in [-0.3, -0.25) is 0 Å². The second kappa shape index (κ2) is 9.32. The Morgan fingerprint density at radius 3 is 2.47 bits per heavy atom. The van der Waals surface area contributed by atoms with Gasteiger partial charge in [-0.25, -0.2) is 0 Å². The number of aliphatic hydroxyl groups excluding tert-OH is 1. The lowest BCUT2D eigenvalue weighted by molar-refractivity contribution is 0.391. The van der Waals surface area contributed by atoms with Gasteiger partial charge in [-0.1, -0.05) is 44.8 Å². The predicted molar refractivity (Wildman–Crippen MR) is 75.3 cm³/mol. The van der Waals surface area contributed by atoms with E-state index in [0.29, 0.717) is 5.76 Å². The van der Waals surface area contributed by atoms with Crippen LogP contribution in [0.3, 0.4) is 0 Å². The first kappa shape index (κ1) is 14.3. The fourth-order valence-electron chi connectivity index (χ4n) is 2.42. The summed E-state index contributed by atoms with van der Waals surface area (Å²) < 4.78 is 0. The topological polar surface area (TPSA) is 20.2 Å². The zero-order chi connectivity index (χ0) is 12.3. The molecular weight excluding hydrogens is 208 g/mol. The van der Waals surface area contributed by atoms with Crippen molar-refractivity contribution in [1.82, 2.24) is 0 Å². The van der Waals surface area contributed by atoms with Crippen LogP contribution in [-0.4, -0.2) is 5.11 Å². The molecule has 0 atom stereocenters. The molecule has 1 aliphatic carbocycles. The van der Waals surface area contributed by atoms with E-state index in [4.69, 9.17) is 0 Å². The highest BCUT2D eigenvalue weighted by atomic mass is 16.3. The molecule has 0 aliphatic heterocycles. The third-order valence-electron chi connectivity index (χ3n) is 3.55. The number of hydrogen-bond donors (Lipinski definition) is 1. The van der Waals surface area contributed by atoms with Crippen LogP contribution in [-0.2, 0) is 0 Å². The molecule has 0 aromatic carbocycles. The lowest BCUT2D eigenvalue weighted by atomic mass is 10.1. The second-order valence-electron chi connectivity index (χ2n) is 5.12. The van der Waals surface area contributed by atoms with Gasteiger partial charge in [0.15, 0.2) is 0 Å². The first-order valence-corrected chi connectivity index (χ1v) is 7.39. The summed E-state index contributed by atoms with van der Waals surface area (Å²) in [6, 6.07) is 0. The van der Waals surface area contributed by atoms with E-state index in [1.54, 1.807) is 0 Å². The van der Waals surface area contributed by atoms with Crippen molar-refractivity contribution in [1.29, 1.82) is 0 Å².